The number of carbonyl (C=O) groups excluding carboxylic acids is 1. The Balaban J connectivity index is 1.88. The van der Waals surface area contributed by atoms with Gasteiger partial charge in [-0.25, -0.2) is 0 Å². The monoisotopic (exact) mass is 249 g/mol. The van der Waals surface area contributed by atoms with Gasteiger partial charge in [0.1, 0.15) is 6.07 Å². The summed E-state index contributed by atoms with van der Waals surface area (Å²) >= 11 is 5.88. The Morgan fingerprint density at radius 1 is 1.53 bits per heavy atom. The van der Waals surface area contributed by atoms with Gasteiger partial charge in [0.25, 0.3) is 0 Å². The molecule has 0 atom stereocenters. The smallest absolute Gasteiger partial charge is 0.239 e. The van der Waals surface area contributed by atoms with Gasteiger partial charge < -0.3 is 10.6 Å². The van der Waals surface area contributed by atoms with E-state index in [9.17, 15) is 4.79 Å². The molecule has 17 heavy (non-hydrogen) atoms. The number of nitrogens with one attached hydrogen (secondary N) is 2. The van der Waals surface area contributed by atoms with Gasteiger partial charge in [0.15, 0.2) is 0 Å². The van der Waals surface area contributed by atoms with Crippen LogP contribution in [0.4, 0.5) is 5.69 Å². The summed E-state index contributed by atoms with van der Waals surface area (Å²) in [5, 5.41) is 14.9. The first-order chi connectivity index (χ1) is 8.19. The molecule has 1 fully saturated rings. The van der Waals surface area contributed by atoms with E-state index >= 15 is 0 Å². The number of amides is 1. The summed E-state index contributed by atoms with van der Waals surface area (Å²) in [6.07, 6.45) is 2.16. The fourth-order valence-corrected chi connectivity index (χ4v) is 1.63. The van der Waals surface area contributed by atoms with Crippen molar-refractivity contribution in [3.8, 4) is 6.07 Å². The largest absolute Gasteiger partial charge is 0.376 e. The van der Waals surface area contributed by atoms with Gasteiger partial charge in [-0.15, -0.1) is 0 Å². The van der Waals surface area contributed by atoms with Crippen molar-refractivity contribution in [2.45, 2.75) is 18.9 Å². The molecule has 0 aromatic heterocycles. The molecule has 2 N–H and O–H groups in total. The fourth-order valence-electron chi connectivity index (χ4n) is 1.40. The van der Waals surface area contributed by atoms with Gasteiger partial charge in [-0.1, -0.05) is 11.6 Å². The molecule has 4 nitrogen and oxygen atoms in total. The Hall–Kier alpha value is -1.73. The van der Waals surface area contributed by atoms with Crippen molar-refractivity contribution in [2.75, 3.05) is 11.9 Å². The number of halogens is 1. The van der Waals surface area contributed by atoms with Crippen LogP contribution in [-0.2, 0) is 4.79 Å². The molecule has 2 rings (SSSR count). The number of carbonyl (C=O) groups is 1. The molecular formula is C12H12ClN3O. The Bertz CT molecular complexity index is 477. The predicted molar refractivity (Wildman–Crippen MR) is 65.8 cm³/mol. The van der Waals surface area contributed by atoms with E-state index in [0.29, 0.717) is 16.6 Å². The highest BCUT2D eigenvalue weighted by atomic mass is 35.5. The van der Waals surface area contributed by atoms with Crippen molar-refractivity contribution in [1.82, 2.24) is 5.32 Å². The van der Waals surface area contributed by atoms with E-state index in [1.165, 1.54) is 0 Å². The number of benzene rings is 1. The third-order valence-corrected chi connectivity index (χ3v) is 2.80. The third kappa shape index (κ3) is 3.36. The van der Waals surface area contributed by atoms with Crippen molar-refractivity contribution < 1.29 is 4.79 Å². The Morgan fingerprint density at radius 2 is 2.29 bits per heavy atom. The van der Waals surface area contributed by atoms with Crippen molar-refractivity contribution in [3.63, 3.8) is 0 Å². The molecule has 1 saturated carbocycles. The minimum absolute atomic E-state index is 0.0204. The molecule has 5 heteroatoms. The molecule has 0 spiro atoms. The van der Waals surface area contributed by atoms with Gasteiger partial charge in [0.2, 0.25) is 5.91 Å². The van der Waals surface area contributed by atoms with Crippen LogP contribution >= 0.6 is 11.6 Å². The second kappa shape index (κ2) is 5.07. The molecule has 0 heterocycles. The number of anilines is 1. The lowest BCUT2D eigenvalue weighted by molar-refractivity contribution is -0.119. The van der Waals surface area contributed by atoms with Crippen LogP contribution in [0, 0.1) is 11.3 Å². The molecule has 88 valence electrons. The molecular weight excluding hydrogens is 238 g/mol. The zero-order valence-electron chi connectivity index (χ0n) is 9.16. The molecule has 0 bridgehead atoms. The van der Waals surface area contributed by atoms with Gasteiger partial charge in [-0.2, -0.15) is 5.26 Å². The third-order valence-electron chi connectivity index (χ3n) is 2.49. The molecule has 1 aromatic carbocycles. The number of nitriles is 1. The normalized spacial score (nSPS) is 13.9. The van der Waals surface area contributed by atoms with E-state index in [1.54, 1.807) is 18.2 Å². The molecule has 0 saturated heterocycles. The second-order valence-electron chi connectivity index (χ2n) is 4.00. The summed E-state index contributed by atoms with van der Waals surface area (Å²) in [5.74, 6) is -0.0204. The maximum atomic E-state index is 11.4. The van der Waals surface area contributed by atoms with Gasteiger partial charge in [-0.3, -0.25) is 4.79 Å². The predicted octanol–water partition coefficient (Wildman–Crippen LogP) is 1.90. The lowest BCUT2D eigenvalue weighted by Crippen LogP contribution is -2.31. The van der Waals surface area contributed by atoms with Crippen LogP contribution in [0.5, 0.6) is 0 Å². The lowest BCUT2D eigenvalue weighted by Gasteiger charge is -2.07. The van der Waals surface area contributed by atoms with Crippen molar-refractivity contribution in [2.24, 2.45) is 0 Å². The van der Waals surface area contributed by atoms with E-state index in [0.717, 1.165) is 18.5 Å². The average molecular weight is 250 g/mol. The highest BCUT2D eigenvalue weighted by Gasteiger charge is 2.22. The number of rotatable bonds is 4. The first-order valence-corrected chi connectivity index (χ1v) is 5.79. The minimum atomic E-state index is -0.0204. The van der Waals surface area contributed by atoms with E-state index in [1.807, 2.05) is 6.07 Å². The van der Waals surface area contributed by atoms with Crippen LogP contribution in [0.25, 0.3) is 0 Å². The average Bonchev–Trinajstić information content (AvgIpc) is 3.10. The maximum Gasteiger partial charge on any atom is 0.239 e. The molecule has 1 amide bonds. The van der Waals surface area contributed by atoms with Crippen LogP contribution in [0.15, 0.2) is 18.2 Å². The summed E-state index contributed by atoms with van der Waals surface area (Å²) in [4.78, 5) is 11.4. The van der Waals surface area contributed by atoms with Crippen molar-refractivity contribution >= 4 is 23.2 Å². The molecule has 0 aliphatic heterocycles. The van der Waals surface area contributed by atoms with Gasteiger partial charge >= 0.3 is 0 Å². The van der Waals surface area contributed by atoms with Crippen LogP contribution < -0.4 is 10.6 Å². The zero-order chi connectivity index (χ0) is 12.3. The first-order valence-electron chi connectivity index (χ1n) is 5.42. The molecule has 0 unspecified atom stereocenters. The summed E-state index contributed by atoms with van der Waals surface area (Å²) in [5.41, 5.74) is 1.17. The van der Waals surface area contributed by atoms with Gasteiger partial charge in [0, 0.05) is 11.7 Å². The maximum absolute atomic E-state index is 11.4. The number of nitrogens with zero attached hydrogens (tertiary/aromatic N) is 1. The van der Waals surface area contributed by atoms with Gasteiger partial charge in [-0.05, 0) is 31.0 Å². The molecule has 1 aliphatic carbocycles. The topological polar surface area (TPSA) is 64.9 Å². The highest BCUT2D eigenvalue weighted by Crippen LogP contribution is 2.20. The minimum Gasteiger partial charge on any atom is -0.376 e. The van der Waals surface area contributed by atoms with Crippen LogP contribution in [0.1, 0.15) is 18.4 Å². The Kier molecular flexibility index (Phi) is 3.50. The van der Waals surface area contributed by atoms with Crippen LogP contribution in [0.2, 0.25) is 5.02 Å². The SMILES string of the molecule is N#Cc1ccc(NCC(=O)NC2CC2)cc1Cl. The number of hydrogen-bond acceptors (Lipinski definition) is 3. The van der Waals surface area contributed by atoms with Crippen LogP contribution in [-0.4, -0.2) is 18.5 Å². The van der Waals surface area contributed by atoms with E-state index in [2.05, 4.69) is 10.6 Å². The molecule has 1 aliphatic rings. The van der Waals surface area contributed by atoms with Gasteiger partial charge in [0.05, 0.1) is 17.1 Å². The van der Waals surface area contributed by atoms with Crippen molar-refractivity contribution in [1.29, 1.82) is 5.26 Å². The lowest BCUT2D eigenvalue weighted by atomic mass is 10.2. The van der Waals surface area contributed by atoms with E-state index in [4.69, 9.17) is 16.9 Å². The quantitative estimate of drug-likeness (QED) is 0.857. The van der Waals surface area contributed by atoms with E-state index < -0.39 is 0 Å². The number of hydrogen-bond donors (Lipinski definition) is 2. The summed E-state index contributed by atoms with van der Waals surface area (Å²) in [7, 11) is 0. The highest BCUT2D eigenvalue weighted by molar-refractivity contribution is 6.32. The Morgan fingerprint density at radius 3 is 2.88 bits per heavy atom. The standard InChI is InChI=1S/C12H12ClN3O/c13-11-5-10(2-1-8(11)6-14)15-7-12(17)16-9-3-4-9/h1-2,5,9,15H,3-4,7H2,(H,16,17). The zero-order valence-corrected chi connectivity index (χ0v) is 9.92. The first kappa shape index (κ1) is 11.7. The second-order valence-corrected chi connectivity index (χ2v) is 4.41. The summed E-state index contributed by atoms with van der Waals surface area (Å²) in [6, 6.07) is 7.35. The van der Waals surface area contributed by atoms with E-state index in [-0.39, 0.29) is 12.5 Å². The molecule has 1 aromatic rings. The van der Waals surface area contributed by atoms with Crippen LogP contribution in [0.3, 0.4) is 0 Å². The summed E-state index contributed by atoms with van der Waals surface area (Å²) < 4.78 is 0. The Labute approximate surface area is 105 Å². The van der Waals surface area contributed by atoms with Crippen molar-refractivity contribution in [3.05, 3.63) is 28.8 Å². The molecule has 0 radical (unpaired) electrons. The summed E-state index contributed by atoms with van der Waals surface area (Å²) in [6.45, 7) is 0.221. The fraction of sp³-hybridized carbons (Fsp3) is 0.333.